The van der Waals surface area contributed by atoms with Crippen molar-refractivity contribution < 1.29 is 23.5 Å². The Hall–Kier alpha value is -2.63. The molecule has 0 atom stereocenters. The van der Waals surface area contributed by atoms with Crippen LogP contribution in [0.5, 0.6) is 0 Å². The first-order valence-corrected chi connectivity index (χ1v) is 5.36. The summed E-state index contributed by atoms with van der Waals surface area (Å²) >= 11 is 0. The molecule has 1 heterocycles. The fourth-order valence-corrected chi connectivity index (χ4v) is 1.51. The summed E-state index contributed by atoms with van der Waals surface area (Å²) in [6.45, 7) is 1.68. The second-order valence-corrected chi connectivity index (χ2v) is 3.90. The molecule has 0 fully saturated rings. The van der Waals surface area contributed by atoms with E-state index in [9.17, 15) is 14.0 Å². The molecule has 6 heteroatoms. The van der Waals surface area contributed by atoms with Crippen LogP contribution in [0.4, 0.5) is 10.1 Å². The maximum Gasteiger partial charge on any atom is 0.335 e. The number of hydrogen-bond donors (Lipinski definition) is 2. The van der Waals surface area contributed by atoms with Gasteiger partial charge in [-0.15, -0.1) is 0 Å². The van der Waals surface area contributed by atoms with Crippen molar-refractivity contribution in [3.63, 3.8) is 0 Å². The SMILES string of the molecule is Cc1cc(C(=O)Nc2ccc(C(=O)O)cc2F)co1. The molecule has 0 aliphatic carbocycles. The Morgan fingerprint density at radius 2 is 2.00 bits per heavy atom. The first-order chi connectivity index (χ1) is 8.97. The summed E-state index contributed by atoms with van der Waals surface area (Å²) in [7, 11) is 0. The van der Waals surface area contributed by atoms with Crippen LogP contribution in [-0.4, -0.2) is 17.0 Å². The van der Waals surface area contributed by atoms with Crippen LogP contribution in [-0.2, 0) is 0 Å². The van der Waals surface area contributed by atoms with E-state index in [2.05, 4.69) is 5.32 Å². The van der Waals surface area contributed by atoms with Gasteiger partial charge in [0.15, 0.2) is 0 Å². The number of carbonyl (C=O) groups is 2. The van der Waals surface area contributed by atoms with Gasteiger partial charge >= 0.3 is 5.97 Å². The third-order valence-corrected chi connectivity index (χ3v) is 2.46. The van der Waals surface area contributed by atoms with Gasteiger partial charge in [0.2, 0.25) is 0 Å². The highest BCUT2D eigenvalue weighted by molar-refractivity contribution is 6.04. The number of halogens is 1. The number of carbonyl (C=O) groups excluding carboxylic acids is 1. The Morgan fingerprint density at radius 3 is 2.53 bits per heavy atom. The monoisotopic (exact) mass is 263 g/mol. The highest BCUT2D eigenvalue weighted by atomic mass is 19.1. The standard InChI is InChI=1S/C13H10FNO4/c1-7-4-9(6-19-7)12(16)15-11-3-2-8(13(17)18)5-10(11)14/h2-6H,1H3,(H,15,16)(H,17,18). The Bertz CT molecular complexity index is 648. The third-order valence-electron chi connectivity index (χ3n) is 2.46. The molecule has 1 amide bonds. The number of furan rings is 1. The Kier molecular flexibility index (Phi) is 3.33. The van der Waals surface area contributed by atoms with Crippen molar-refractivity contribution in [2.75, 3.05) is 5.32 Å². The minimum atomic E-state index is -1.23. The molecular weight excluding hydrogens is 253 g/mol. The Balaban J connectivity index is 2.20. The molecule has 0 bridgehead atoms. The summed E-state index contributed by atoms with van der Waals surface area (Å²) < 4.78 is 18.6. The Morgan fingerprint density at radius 1 is 1.26 bits per heavy atom. The first kappa shape index (κ1) is 12.8. The molecule has 0 unspecified atom stereocenters. The number of anilines is 1. The van der Waals surface area contributed by atoms with Gasteiger partial charge in [0.25, 0.3) is 5.91 Å². The van der Waals surface area contributed by atoms with E-state index in [1.807, 2.05) is 0 Å². The molecule has 2 rings (SSSR count). The average Bonchev–Trinajstić information content (AvgIpc) is 2.78. The predicted molar refractivity (Wildman–Crippen MR) is 64.8 cm³/mol. The van der Waals surface area contributed by atoms with Crippen molar-refractivity contribution in [3.05, 3.63) is 53.2 Å². The summed E-state index contributed by atoms with van der Waals surface area (Å²) in [5.74, 6) is -2.01. The molecular formula is C13H10FNO4. The van der Waals surface area contributed by atoms with Gasteiger partial charge in [-0.3, -0.25) is 4.79 Å². The van der Waals surface area contributed by atoms with E-state index in [0.717, 1.165) is 6.07 Å². The van der Waals surface area contributed by atoms with Gasteiger partial charge < -0.3 is 14.8 Å². The topological polar surface area (TPSA) is 79.5 Å². The highest BCUT2D eigenvalue weighted by Gasteiger charge is 2.13. The van der Waals surface area contributed by atoms with Crippen LogP contribution in [0.1, 0.15) is 26.5 Å². The van der Waals surface area contributed by atoms with Gasteiger partial charge in [0, 0.05) is 0 Å². The predicted octanol–water partition coefficient (Wildman–Crippen LogP) is 2.68. The van der Waals surface area contributed by atoms with Crippen LogP contribution in [0, 0.1) is 12.7 Å². The third kappa shape index (κ3) is 2.79. The van der Waals surface area contributed by atoms with Gasteiger partial charge in [0.1, 0.15) is 17.8 Å². The number of nitrogens with one attached hydrogen (secondary N) is 1. The van der Waals surface area contributed by atoms with E-state index in [4.69, 9.17) is 9.52 Å². The number of aromatic carboxylic acids is 1. The van der Waals surface area contributed by atoms with Crippen molar-refractivity contribution in [3.8, 4) is 0 Å². The van der Waals surface area contributed by atoms with Crippen molar-refractivity contribution in [2.24, 2.45) is 0 Å². The summed E-state index contributed by atoms with van der Waals surface area (Å²) in [6, 6.07) is 4.77. The van der Waals surface area contributed by atoms with E-state index in [0.29, 0.717) is 5.76 Å². The van der Waals surface area contributed by atoms with Crippen molar-refractivity contribution in [1.82, 2.24) is 0 Å². The zero-order valence-corrected chi connectivity index (χ0v) is 9.94. The first-order valence-electron chi connectivity index (χ1n) is 5.36. The molecule has 1 aromatic carbocycles. The van der Waals surface area contributed by atoms with Crippen molar-refractivity contribution >= 4 is 17.6 Å². The van der Waals surface area contributed by atoms with E-state index in [-0.39, 0.29) is 16.8 Å². The summed E-state index contributed by atoms with van der Waals surface area (Å²) in [5.41, 5.74) is -0.0114. The fourth-order valence-electron chi connectivity index (χ4n) is 1.51. The molecule has 0 aliphatic heterocycles. The van der Waals surface area contributed by atoms with E-state index >= 15 is 0 Å². The minimum absolute atomic E-state index is 0.0890. The van der Waals surface area contributed by atoms with Crippen molar-refractivity contribution in [1.29, 1.82) is 0 Å². The molecule has 0 saturated heterocycles. The lowest BCUT2D eigenvalue weighted by atomic mass is 10.2. The summed E-state index contributed by atoms with van der Waals surface area (Å²) in [5, 5.41) is 11.0. The molecule has 2 aromatic rings. The van der Waals surface area contributed by atoms with E-state index < -0.39 is 17.7 Å². The van der Waals surface area contributed by atoms with Crippen molar-refractivity contribution in [2.45, 2.75) is 6.92 Å². The fraction of sp³-hybridized carbons (Fsp3) is 0.0769. The molecule has 5 nitrogen and oxygen atoms in total. The molecule has 2 N–H and O–H groups in total. The van der Waals surface area contributed by atoms with Crippen LogP contribution in [0.2, 0.25) is 0 Å². The van der Waals surface area contributed by atoms with Gasteiger partial charge in [-0.25, -0.2) is 9.18 Å². The van der Waals surface area contributed by atoms with E-state index in [1.165, 1.54) is 24.5 Å². The van der Waals surface area contributed by atoms with Gasteiger partial charge in [-0.05, 0) is 31.2 Å². The van der Waals surface area contributed by atoms with Crippen LogP contribution < -0.4 is 5.32 Å². The molecule has 19 heavy (non-hydrogen) atoms. The van der Waals surface area contributed by atoms with Gasteiger partial charge in [0.05, 0.1) is 16.8 Å². The molecule has 0 aliphatic rings. The second kappa shape index (κ2) is 4.93. The lowest BCUT2D eigenvalue weighted by Gasteiger charge is -2.05. The van der Waals surface area contributed by atoms with Crippen LogP contribution >= 0.6 is 0 Å². The Labute approximate surface area is 107 Å². The lowest BCUT2D eigenvalue weighted by molar-refractivity contribution is 0.0696. The molecule has 0 radical (unpaired) electrons. The normalized spacial score (nSPS) is 10.2. The number of amides is 1. The number of hydrogen-bond acceptors (Lipinski definition) is 3. The maximum atomic E-state index is 13.6. The molecule has 1 aromatic heterocycles. The zero-order chi connectivity index (χ0) is 14.0. The molecule has 0 saturated carbocycles. The quantitative estimate of drug-likeness (QED) is 0.892. The smallest absolute Gasteiger partial charge is 0.335 e. The summed E-state index contributed by atoms with van der Waals surface area (Å²) in [6.07, 6.45) is 1.26. The average molecular weight is 263 g/mol. The number of carboxylic acids is 1. The molecule has 98 valence electrons. The maximum absolute atomic E-state index is 13.6. The largest absolute Gasteiger partial charge is 0.478 e. The number of aryl methyl sites for hydroxylation is 1. The van der Waals surface area contributed by atoms with Crippen LogP contribution in [0.15, 0.2) is 34.9 Å². The second-order valence-electron chi connectivity index (χ2n) is 3.90. The summed E-state index contributed by atoms with van der Waals surface area (Å²) in [4.78, 5) is 22.4. The van der Waals surface area contributed by atoms with E-state index in [1.54, 1.807) is 6.92 Å². The highest BCUT2D eigenvalue weighted by Crippen LogP contribution is 2.17. The molecule has 0 spiro atoms. The van der Waals surface area contributed by atoms with Crippen LogP contribution in [0.25, 0.3) is 0 Å². The van der Waals surface area contributed by atoms with Gasteiger partial charge in [-0.2, -0.15) is 0 Å². The lowest BCUT2D eigenvalue weighted by Crippen LogP contribution is -2.12. The minimum Gasteiger partial charge on any atom is -0.478 e. The number of rotatable bonds is 3. The number of benzene rings is 1. The van der Waals surface area contributed by atoms with Crippen LogP contribution in [0.3, 0.4) is 0 Å². The number of carboxylic acid groups (broad SMARTS) is 1. The van der Waals surface area contributed by atoms with Gasteiger partial charge in [-0.1, -0.05) is 0 Å². The zero-order valence-electron chi connectivity index (χ0n) is 9.94.